The molecule has 10 bridgehead atoms. The third kappa shape index (κ3) is 7.57. The minimum Gasteiger partial charge on any atom is -0.356 e. The summed E-state index contributed by atoms with van der Waals surface area (Å²) < 4.78 is 0. The van der Waals surface area contributed by atoms with Crippen molar-refractivity contribution in [2.75, 3.05) is 10.6 Å². The molecule has 3 aromatic carbocycles. The Hall–Kier alpha value is -6.35. The molecule has 3 aromatic heterocycles. The van der Waals surface area contributed by atoms with Crippen molar-refractivity contribution < 1.29 is 9.59 Å². The standard InChI is InChI=1S/C45H45N7O2/c1-6-11-35-28(4)42-41(30-21-19-27(3)20-22-30)43-29(5)36(12-7-2)40(52-43)26-47-32-14-9-16-34(24-32)49-45(54)38-18-10-17-37(50-38)44(53)48-33-15-8-13-31(23-33)46-25-39(35)51-42/h8-10,13-26,41,51-52H,6-7,11-12H2,1-5H3,(H,48,53)(H,49,54). The predicted molar refractivity (Wildman–Crippen MR) is 219 cm³/mol. The fourth-order valence-corrected chi connectivity index (χ4v) is 7.22. The SMILES string of the molecule is CCCc1c2[nH]c(c1C)C(c1ccc(C)cc1)c1[nH]c(c(CCC)c1C)C=Nc1cccc(c1)NC(=O)c1cccc(n1)C(=O)Nc1cccc(c1)N=C2. The average molecular weight is 716 g/mol. The Morgan fingerprint density at radius 2 is 1.06 bits per heavy atom. The van der Waals surface area contributed by atoms with Gasteiger partial charge in [-0.25, -0.2) is 4.98 Å². The molecule has 4 N–H and O–H groups in total. The van der Waals surface area contributed by atoms with Crippen molar-refractivity contribution in [3.05, 3.63) is 159 Å². The van der Waals surface area contributed by atoms with E-state index in [1.165, 1.54) is 33.4 Å². The van der Waals surface area contributed by atoms with Crippen LogP contribution in [0, 0.1) is 20.8 Å². The van der Waals surface area contributed by atoms with E-state index in [1.807, 2.05) is 48.8 Å². The van der Waals surface area contributed by atoms with Crippen LogP contribution >= 0.6 is 0 Å². The number of benzene rings is 3. The Morgan fingerprint density at radius 3 is 1.52 bits per heavy atom. The lowest BCUT2D eigenvalue weighted by Gasteiger charge is -2.19. The molecule has 7 rings (SSSR count). The summed E-state index contributed by atoms with van der Waals surface area (Å²) in [5, 5.41) is 5.83. The van der Waals surface area contributed by atoms with Crippen LogP contribution in [0.3, 0.4) is 0 Å². The highest BCUT2D eigenvalue weighted by atomic mass is 16.2. The number of hydrogen-bond donors (Lipinski definition) is 4. The number of aromatic amines is 2. The maximum atomic E-state index is 13.3. The number of amides is 2. The maximum Gasteiger partial charge on any atom is 0.274 e. The zero-order valence-corrected chi connectivity index (χ0v) is 31.4. The summed E-state index contributed by atoms with van der Waals surface area (Å²) >= 11 is 0. The zero-order chi connectivity index (χ0) is 37.8. The fraction of sp³-hybridized carbons (Fsp3) is 0.222. The molecule has 4 heterocycles. The van der Waals surface area contributed by atoms with E-state index in [0.717, 1.165) is 48.5 Å². The second-order valence-corrected chi connectivity index (χ2v) is 13.9. The van der Waals surface area contributed by atoms with E-state index in [1.54, 1.807) is 30.3 Å². The molecule has 0 unspecified atom stereocenters. The van der Waals surface area contributed by atoms with Crippen molar-refractivity contribution in [3.63, 3.8) is 0 Å². The van der Waals surface area contributed by atoms with E-state index in [4.69, 9.17) is 9.98 Å². The van der Waals surface area contributed by atoms with Gasteiger partial charge in [0.05, 0.1) is 41.1 Å². The third-order valence-corrected chi connectivity index (χ3v) is 10.00. The van der Waals surface area contributed by atoms with E-state index in [-0.39, 0.29) is 17.3 Å². The topological polar surface area (TPSA) is 127 Å². The Balaban J connectivity index is 1.42. The van der Waals surface area contributed by atoms with Crippen LogP contribution in [0.1, 0.15) is 110 Å². The van der Waals surface area contributed by atoms with Crippen LogP contribution in [-0.2, 0) is 12.8 Å². The number of anilines is 2. The fourth-order valence-electron chi connectivity index (χ4n) is 7.22. The van der Waals surface area contributed by atoms with Crippen molar-refractivity contribution in [2.24, 2.45) is 9.98 Å². The molecule has 0 atom stereocenters. The first-order chi connectivity index (χ1) is 26.2. The Morgan fingerprint density at radius 1 is 0.593 bits per heavy atom. The summed E-state index contributed by atoms with van der Waals surface area (Å²) in [6, 6.07) is 28.4. The van der Waals surface area contributed by atoms with Crippen molar-refractivity contribution >= 4 is 47.0 Å². The molecule has 1 aliphatic heterocycles. The number of fused-ring (bicyclic) bond motifs is 10. The van der Waals surface area contributed by atoms with Crippen LogP contribution in [0.4, 0.5) is 22.7 Å². The highest BCUT2D eigenvalue weighted by molar-refractivity contribution is 6.06. The van der Waals surface area contributed by atoms with Gasteiger partial charge in [0.2, 0.25) is 0 Å². The molecule has 0 radical (unpaired) electrons. The number of aliphatic imine (C=N–C) groups is 2. The van der Waals surface area contributed by atoms with Crippen LogP contribution in [0.5, 0.6) is 0 Å². The van der Waals surface area contributed by atoms with Gasteiger partial charge in [-0.3, -0.25) is 19.6 Å². The molecule has 9 heteroatoms. The molecule has 0 spiro atoms. The Bertz CT molecular complexity index is 2260. The number of rotatable bonds is 5. The van der Waals surface area contributed by atoms with Crippen molar-refractivity contribution in [3.8, 4) is 0 Å². The monoisotopic (exact) mass is 715 g/mol. The van der Waals surface area contributed by atoms with E-state index >= 15 is 0 Å². The molecule has 0 saturated carbocycles. The van der Waals surface area contributed by atoms with Gasteiger partial charge in [0.1, 0.15) is 11.4 Å². The van der Waals surface area contributed by atoms with E-state index in [9.17, 15) is 9.59 Å². The zero-order valence-electron chi connectivity index (χ0n) is 31.4. The smallest absolute Gasteiger partial charge is 0.274 e. The van der Waals surface area contributed by atoms with Crippen molar-refractivity contribution in [2.45, 2.75) is 66.2 Å². The maximum absolute atomic E-state index is 13.3. The number of carbonyl (C=O) groups is 2. The normalized spacial score (nSPS) is 14.4. The summed E-state index contributed by atoms with van der Waals surface area (Å²) in [4.78, 5) is 48.5. The number of nitrogens with zero attached hydrogens (tertiary/aromatic N) is 3. The molecule has 0 fully saturated rings. The van der Waals surface area contributed by atoms with Gasteiger partial charge >= 0.3 is 0 Å². The third-order valence-electron chi connectivity index (χ3n) is 10.00. The number of nitrogens with one attached hydrogen (secondary N) is 4. The van der Waals surface area contributed by atoms with Gasteiger partial charge in [0.25, 0.3) is 11.8 Å². The molecule has 6 aromatic rings. The number of carbonyl (C=O) groups excluding carboxylic acids is 2. The van der Waals surface area contributed by atoms with Gasteiger partial charge < -0.3 is 20.6 Å². The summed E-state index contributed by atoms with van der Waals surface area (Å²) in [6.07, 6.45) is 7.54. The van der Waals surface area contributed by atoms with E-state index in [0.29, 0.717) is 22.7 Å². The first kappa shape index (κ1) is 36.0. The molecule has 0 saturated heterocycles. The minimum atomic E-state index is -0.432. The lowest BCUT2D eigenvalue weighted by Crippen LogP contribution is -2.18. The lowest BCUT2D eigenvalue weighted by atomic mass is 9.87. The van der Waals surface area contributed by atoms with Crippen LogP contribution < -0.4 is 10.6 Å². The molecule has 0 aliphatic carbocycles. The summed E-state index contributed by atoms with van der Waals surface area (Å²) in [5.74, 6) is -0.967. The molecular weight excluding hydrogens is 671 g/mol. The van der Waals surface area contributed by atoms with Crippen molar-refractivity contribution in [1.82, 2.24) is 15.0 Å². The number of hydrogen-bond acceptors (Lipinski definition) is 5. The highest BCUT2D eigenvalue weighted by Crippen LogP contribution is 2.39. The van der Waals surface area contributed by atoms with E-state index < -0.39 is 11.8 Å². The molecule has 54 heavy (non-hydrogen) atoms. The van der Waals surface area contributed by atoms with Crippen LogP contribution in [-0.4, -0.2) is 39.2 Å². The lowest BCUT2D eigenvalue weighted by molar-refractivity contribution is 0.101. The molecule has 9 nitrogen and oxygen atoms in total. The van der Waals surface area contributed by atoms with Crippen LogP contribution in [0.15, 0.2) is 101 Å². The first-order valence-electron chi connectivity index (χ1n) is 18.6. The summed E-state index contributed by atoms with van der Waals surface area (Å²) in [6.45, 7) is 10.9. The molecular formula is C45H45N7O2. The number of H-pyrrole nitrogens is 2. The van der Waals surface area contributed by atoms with Crippen LogP contribution in [0.25, 0.3) is 0 Å². The quantitative estimate of drug-likeness (QED) is 0.142. The molecule has 2 amide bonds. The summed E-state index contributed by atoms with van der Waals surface area (Å²) in [5.41, 5.74) is 14.2. The van der Waals surface area contributed by atoms with Gasteiger partial charge in [0.15, 0.2) is 0 Å². The summed E-state index contributed by atoms with van der Waals surface area (Å²) in [7, 11) is 0. The Kier molecular flexibility index (Phi) is 10.5. The number of pyridine rings is 1. The van der Waals surface area contributed by atoms with Gasteiger partial charge in [0, 0.05) is 22.8 Å². The van der Waals surface area contributed by atoms with Gasteiger partial charge in [-0.1, -0.05) is 74.7 Å². The number of aromatic nitrogens is 3. The predicted octanol–water partition coefficient (Wildman–Crippen LogP) is 10.1. The first-order valence-corrected chi connectivity index (χ1v) is 18.6. The van der Waals surface area contributed by atoms with Crippen LogP contribution in [0.2, 0.25) is 0 Å². The molecule has 1 aliphatic rings. The Labute approximate surface area is 316 Å². The second-order valence-electron chi connectivity index (χ2n) is 13.9. The largest absolute Gasteiger partial charge is 0.356 e. The number of aryl methyl sites for hydroxylation is 1. The van der Waals surface area contributed by atoms with E-state index in [2.05, 4.69) is 84.5 Å². The second kappa shape index (κ2) is 15.7. The molecule has 272 valence electrons. The van der Waals surface area contributed by atoms with Gasteiger partial charge in [-0.2, -0.15) is 0 Å². The average Bonchev–Trinajstić information content (AvgIpc) is 3.65. The van der Waals surface area contributed by atoms with Gasteiger partial charge in [-0.05, 0) is 110 Å². The van der Waals surface area contributed by atoms with Gasteiger partial charge in [-0.15, -0.1) is 0 Å². The minimum absolute atomic E-state index is 0.102. The highest BCUT2D eigenvalue weighted by Gasteiger charge is 2.28. The van der Waals surface area contributed by atoms with Crippen molar-refractivity contribution in [1.29, 1.82) is 0 Å².